The first-order valence-corrected chi connectivity index (χ1v) is 6.79. The average Bonchev–Trinajstić information content (AvgIpc) is 2.81. The summed E-state index contributed by atoms with van der Waals surface area (Å²) in [5.41, 5.74) is 4.58. The third-order valence-corrected chi connectivity index (χ3v) is 3.70. The van der Waals surface area contributed by atoms with Crippen LogP contribution in [0.15, 0.2) is 18.2 Å². The zero-order chi connectivity index (χ0) is 12.1. The Kier molecular flexibility index (Phi) is 4.57. The third kappa shape index (κ3) is 3.55. The minimum atomic E-state index is 1.00. The van der Waals surface area contributed by atoms with E-state index in [1.807, 2.05) is 0 Å². The van der Waals surface area contributed by atoms with E-state index >= 15 is 0 Å². The van der Waals surface area contributed by atoms with Gasteiger partial charge < -0.3 is 10.2 Å². The molecule has 0 unspecified atom stereocenters. The number of likely N-dealkylation sites (N-methyl/N-ethyl adjacent to an activating group) is 1. The standard InChI is InChI=1S/C15H24N2/c1-3-17(2)10-9-16-12-13-7-8-14-5-4-6-15(14)11-13/h7-8,11,16H,3-6,9-10,12H2,1-2H3. The van der Waals surface area contributed by atoms with Gasteiger partial charge in [-0.25, -0.2) is 0 Å². The summed E-state index contributed by atoms with van der Waals surface area (Å²) < 4.78 is 0. The van der Waals surface area contributed by atoms with Crippen molar-refractivity contribution in [1.29, 1.82) is 0 Å². The molecule has 0 amide bonds. The lowest BCUT2D eigenvalue weighted by Crippen LogP contribution is -2.28. The molecule has 0 saturated heterocycles. The van der Waals surface area contributed by atoms with Gasteiger partial charge in [0.15, 0.2) is 0 Å². The Bertz CT molecular complexity index is 360. The Balaban J connectivity index is 1.76. The van der Waals surface area contributed by atoms with Crippen molar-refractivity contribution < 1.29 is 0 Å². The van der Waals surface area contributed by atoms with Gasteiger partial charge in [0.05, 0.1) is 0 Å². The predicted octanol–water partition coefficient (Wildman–Crippen LogP) is 2.22. The molecule has 2 rings (SSSR count). The minimum Gasteiger partial charge on any atom is -0.311 e. The van der Waals surface area contributed by atoms with Crippen LogP contribution in [0.25, 0.3) is 0 Å². The van der Waals surface area contributed by atoms with Crippen molar-refractivity contribution in [3.8, 4) is 0 Å². The van der Waals surface area contributed by atoms with Gasteiger partial charge in [0.2, 0.25) is 0 Å². The lowest BCUT2D eigenvalue weighted by Gasteiger charge is -2.14. The van der Waals surface area contributed by atoms with E-state index in [0.717, 1.165) is 26.2 Å². The topological polar surface area (TPSA) is 15.3 Å². The molecule has 0 heterocycles. The molecule has 0 fully saturated rings. The normalized spacial score (nSPS) is 14.3. The summed E-state index contributed by atoms with van der Waals surface area (Å²) in [7, 11) is 2.16. The molecule has 1 aromatic rings. The molecule has 1 aliphatic rings. The SMILES string of the molecule is CCN(C)CCNCc1ccc2c(c1)CCC2. The molecular weight excluding hydrogens is 208 g/mol. The first kappa shape index (κ1) is 12.6. The van der Waals surface area contributed by atoms with Crippen LogP contribution in [0.2, 0.25) is 0 Å². The number of nitrogens with one attached hydrogen (secondary N) is 1. The van der Waals surface area contributed by atoms with E-state index in [2.05, 4.69) is 42.4 Å². The van der Waals surface area contributed by atoms with Gasteiger partial charge in [0, 0.05) is 19.6 Å². The number of aryl methyl sites for hydroxylation is 2. The van der Waals surface area contributed by atoms with Crippen LogP contribution in [0.5, 0.6) is 0 Å². The maximum atomic E-state index is 3.52. The van der Waals surface area contributed by atoms with Crippen molar-refractivity contribution in [2.45, 2.75) is 32.7 Å². The largest absolute Gasteiger partial charge is 0.311 e. The first-order valence-electron chi connectivity index (χ1n) is 6.79. The van der Waals surface area contributed by atoms with Gasteiger partial charge in [-0.2, -0.15) is 0 Å². The molecule has 1 N–H and O–H groups in total. The summed E-state index contributed by atoms with van der Waals surface area (Å²) in [6.07, 6.45) is 3.90. The number of hydrogen-bond donors (Lipinski definition) is 1. The van der Waals surface area contributed by atoms with Crippen molar-refractivity contribution in [2.75, 3.05) is 26.7 Å². The van der Waals surface area contributed by atoms with Crippen LogP contribution >= 0.6 is 0 Å². The van der Waals surface area contributed by atoms with Gasteiger partial charge in [-0.15, -0.1) is 0 Å². The second-order valence-electron chi connectivity index (χ2n) is 5.03. The number of benzene rings is 1. The molecule has 0 aliphatic heterocycles. The van der Waals surface area contributed by atoms with Crippen LogP contribution in [0, 0.1) is 0 Å². The van der Waals surface area contributed by atoms with E-state index in [-0.39, 0.29) is 0 Å². The molecule has 0 atom stereocenters. The maximum absolute atomic E-state index is 3.52. The van der Waals surface area contributed by atoms with Gasteiger partial charge in [0.25, 0.3) is 0 Å². The van der Waals surface area contributed by atoms with Crippen LogP contribution in [-0.4, -0.2) is 31.6 Å². The van der Waals surface area contributed by atoms with E-state index in [1.165, 1.54) is 24.8 Å². The van der Waals surface area contributed by atoms with Crippen LogP contribution < -0.4 is 5.32 Å². The fourth-order valence-electron chi connectivity index (χ4n) is 2.40. The Morgan fingerprint density at radius 3 is 2.88 bits per heavy atom. The van der Waals surface area contributed by atoms with Gasteiger partial charge in [0.1, 0.15) is 0 Å². The van der Waals surface area contributed by atoms with E-state index in [0.29, 0.717) is 0 Å². The first-order chi connectivity index (χ1) is 8.29. The summed E-state index contributed by atoms with van der Waals surface area (Å²) >= 11 is 0. The molecule has 0 radical (unpaired) electrons. The smallest absolute Gasteiger partial charge is 0.0206 e. The Morgan fingerprint density at radius 1 is 1.24 bits per heavy atom. The quantitative estimate of drug-likeness (QED) is 0.757. The molecule has 94 valence electrons. The number of fused-ring (bicyclic) bond motifs is 1. The molecule has 2 heteroatoms. The lowest BCUT2D eigenvalue weighted by molar-refractivity contribution is 0.349. The zero-order valence-electron chi connectivity index (χ0n) is 11.1. The number of rotatable bonds is 6. The molecule has 1 aromatic carbocycles. The van der Waals surface area contributed by atoms with Crippen LogP contribution in [0.1, 0.15) is 30.0 Å². The summed E-state index contributed by atoms with van der Waals surface area (Å²) in [6.45, 7) is 6.52. The highest BCUT2D eigenvalue weighted by Crippen LogP contribution is 2.22. The van der Waals surface area contributed by atoms with Gasteiger partial charge in [-0.1, -0.05) is 25.1 Å². The second kappa shape index (κ2) is 6.18. The Morgan fingerprint density at radius 2 is 2.06 bits per heavy atom. The van der Waals surface area contributed by atoms with Gasteiger partial charge in [-0.05, 0) is 49.5 Å². The molecule has 0 bridgehead atoms. The fraction of sp³-hybridized carbons (Fsp3) is 0.600. The highest BCUT2D eigenvalue weighted by molar-refractivity contribution is 5.35. The molecule has 0 spiro atoms. The van der Waals surface area contributed by atoms with E-state index in [9.17, 15) is 0 Å². The van der Waals surface area contributed by atoms with E-state index < -0.39 is 0 Å². The summed E-state index contributed by atoms with van der Waals surface area (Å²) in [5.74, 6) is 0. The average molecular weight is 232 g/mol. The highest BCUT2D eigenvalue weighted by atomic mass is 15.1. The highest BCUT2D eigenvalue weighted by Gasteiger charge is 2.10. The minimum absolute atomic E-state index is 1.00. The van der Waals surface area contributed by atoms with Crippen molar-refractivity contribution in [1.82, 2.24) is 10.2 Å². The summed E-state index contributed by atoms with van der Waals surface area (Å²) in [5, 5.41) is 3.52. The molecule has 1 aliphatic carbocycles. The molecule has 17 heavy (non-hydrogen) atoms. The molecule has 0 saturated carbocycles. The molecular formula is C15H24N2. The van der Waals surface area contributed by atoms with Gasteiger partial charge >= 0.3 is 0 Å². The third-order valence-electron chi connectivity index (χ3n) is 3.70. The molecule has 0 aromatic heterocycles. The van der Waals surface area contributed by atoms with Crippen LogP contribution in [0.4, 0.5) is 0 Å². The van der Waals surface area contributed by atoms with Crippen molar-refractivity contribution >= 4 is 0 Å². The summed E-state index contributed by atoms with van der Waals surface area (Å²) in [4.78, 5) is 2.33. The maximum Gasteiger partial charge on any atom is 0.0206 e. The molecule has 2 nitrogen and oxygen atoms in total. The Labute approximate surface area is 105 Å². The lowest BCUT2D eigenvalue weighted by atomic mass is 10.1. The predicted molar refractivity (Wildman–Crippen MR) is 73.3 cm³/mol. The monoisotopic (exact) mass is 232 g/mol. The van der Waals surface area contributed by atoms with Gasteiger partial charge in [-0.3, -0.25) is 0 Å². The van der Waals surface area contributed by atoms with Crippen molar-refractivity contribution in [3.05, 3.63) is 34.9 Å². The summed E-state index contributed by atoms with van der Waals surface area (Å²) in [6, 6.07) is 6.98. The van der Waals surface area contributed by atoms with Crippen molar-refractivity contribution in [2.24, 2.45) is 0 Å². The van der Waals surface area contributed by atoms with E-state index in [4.69, 9.17) is 0 Å². The van der Waals surface area contributed by atoms with Crippen LogP contribution in [-0.2, 0) is 19.4 Å². The fourth-order valence-corrected chi connectivity index (χ4v) is 2.40. The number of hydrogen-bond acceptors (Lipinski definition) is 2. The van der Waals surface area contributed by atoms with Crippen LogP contribution in [0.3, 0.4) is 0 Å². The zero-order valence-corrected chi connectivity index (χ0v) is 11.1. The number of nitrogens with zero attached hydrogens (tertiary/aromatic N) is 1. The Hall–Kier alpha value is -0.860. The van der Waals surface area contributed by atoms with Crippen molar-refractivity contribution in [3.63, 3.8) is 0 Å². The second-order valence-corrected chi connectivity index (χ2v) is 5.03. The van der Waals surface area contributed by atoms with E-state index in [1.54, 1.807) is 11.1 Å².